The Balaban J connectivity index is 0.575. The highest BCUT2D eigenvalue weighted by molar-refractivity contribution is 7.13. The van der Waals surface area contributed by atoms with Gasteiger partial charge < -0.3 is 69.3 Å². The second kappa shape index (κ2) is 32.6. The van der Waals surface area contributed by atoms with Crippen LogP contribution in [0.1, 0.15) is 64.1 Å². The molecule has 2 aliphatic heterocycles. The summed E-state index contributed by atoms with van der Waals surface area (Å²) in [6.45, 7) is 16.0. The number of aromatic nitrogens is 2. The monoisotopic (exact) mass is 1270 g/mol. The number of fused-ring (bicyclic) bond motifs is 1. The summed E-state index contributed by atoms with van der Waals surface area (Å²) in [4.78, 5) is 83.0. The van der Waals surface area contributed by atoms with Crippen LogP contribution in [0.15, 0.2) is 103 Å². The number of pyridine rings is 1. The van der Waals surface area contributed by atoms with Crippen LogP contribution >= 0.6 is 11.3 Å². The van der Waals surface area contributed by atoms with E-state index in [9.17, 15) is 33.5 Å². The van der Waals surface area contributed by atoms with Crippen molar-refractivity contribution < 1.29 is 66.6 Å². The van der Waals surface area contributed by atoms with Gasteiger partial charge in [-0.2, -0.15) is 0 Å². The predicted molar refractivity (Wildman–Crippen MR) is 344 cm³/mol. The number of thiazole rings is 1. The number of anilines is 3. The summed E-state index contributed by atoms with van der Waals surface area (Å²) in [5, 5.41) is 22.7. The number of ether oxygens (including phenoxy) is 7. The van der Waals surface area contributed by atoms with Crippen molar-refractivity contribution in [3.05, 3.63) is 120 Å². The maximum Gasteiger partial charge on any atom is 0.246 e. The molecule has 0 unspecified atom stereocenters. The zero-order valence-electron chi connectivity index (χ0n) is 52.5. The van der Waals surface area contributed by atoms with Gasteiger partial charge in [-0.15, -0.1) is 11.3 Å². The van der Waals surface area contributed by atoms with Gasteiger partial charge in [0.25, 0.3) is 0 Å². The van der Waals surface area contributed by atoms with Crippen molar-refractivity contribution in [1.82, 2.24) is 30.4 Å². The maximum atomic E-state index is 14.0. The van der Waals surface area contributed by atoms with E-state index in [1.165, 1.54) is 29.2 Å². The summed E-state index contributed by atoms with van der Waals surface area (Å²) in [5.74, 6) is -0.541. The molecule has 4 heterocycles. The molecule has 9 rings (SSSR count). The molecule has 3 atom stereocenters. The largest absolute Gasteiger partial charge is 0.495 e. The van der Waals surface area contributed by atoms with Crippen LogP contribution in [0.25, 0.3) is 21.3 Å². The van der Waals surface area contributed by atoms with Crippen molar-refractivity contribution in [2.45, 2.75) is 84.5 Å². The van der Waals surface area contributed by atoms with Crippen LogP contribution in [0, 0.1) is 23.6 Å². The number of carbonyl (C=O) groups is 5. The van der Waals surface area contributed by atoms with E-state index in [0.717, 1.165) is 77.4 Å². The molecule has 0 bridgehead atoms. The molecule has 91 heavy (non-hydrogen) atoms. The highest BCUT2D eigenvalue weighted by Gasteiger charge is 2.56. The molecule has 24 heteroatoms. The van der Waals surface area contributed by atoms with Crippen LogP contribution in [-0.2, 0) is 54.2 Å². The van der Waals surface area contributed by atoms with Crippen molar-refractivity contribution >= 4 is 68.8 Å². The molecule has 0 radical (unpaired) electrons. The minimum atomic E-state index is -1.18. The Hall–Kier alpha value is -7.68. The van der Waals surface area contributed by atoms with Crippen LogP contribution in [0.5, 0.6) is 17.2 Å². The number of hydrogen-bond donors (Lipinski definition) is 5. The lowest BCUT2D eigenvalue weighted by Crippen LogP contribution is -2.57. The quantitative estimate of drug-likeness (QED) is 0.0195. The molecule has 0 spiro atoms. The number of nitrogens with one attached hydrogen (secondary N) is 4. The van der Waals surface area contributed by atoms with E-state index >= 15 is 0 Å². The van der Waals surface area contributed by atoms with Gasteiger partial charge in [0.15, 0.2) is 0 Å². The highest BCUT2D eigenvalue weighted by Crippen LogP contribution is 2.48. The van der Waals surface area contributed by atoms with Gasteiger partial charge in [-0.1, -0.05) is 45.0 Å². The summed E-state index contributed by atoms with van der Waals surface area (Å²) in [5.41, 5.74) is 5.52. The standard InChI is InChI=1S/C67H84FN9O13S/c1-45-60(91-44-71-45)47-9-7-46(8-10-47)42-70-62(80)56-39-51(78)43-77(56)63(81)61(66(2,3)4)74-59(79)20-30-86-32-34-88-36-38-89-37-35-87-33-31-85-29-6-24-75-25-27-76(28-26-75)55-41-54-53(40-58(55)84-5)57(19-23-69-54)90-52-17-15-50(16-18-52)73-65(83)67(21-22-67)64(82)72-49-13-11-48(68)12-14-49/h7-19,23,40-41,44,51,56,61,78H,6,20-22,24-39,42-43H2,1-5H3,(H,70,80)(H,72,82)(H,73,83)(H,74,79)/t51-,56+,61-/m1/s1. The summed E-state index contributed by atoms with van der Waals surface area (Å²) in [6, 6.07) is 24.2. The summed E-state index contributed by atoms with van der Waals surface area (Å²) < 4.78 is 54.0. The fourth-order valence-electron chi connectivity index (χ4n) is 10.8. The average Bonchev–Trinajstić information content (AvgIpc) is 1.70. The molecular weight excluding hydrogens is 1190 g/mol. The van der Waals surface area contributed by atoms with Crippen molar-refractivity contribution in [2.24, 2.45) is 10.8 Å². The van der Waals surface area contributed by atoms with Gasteiger partial charge in [0.05, 0.1) is 100.0 Å². The summed E-state index contributed by atoms with van der Waals surface area (Å²) in [6.07, 6.45) is 2.70. The number of β-amino-alcohol motifs (C(OH)–C–C–N with tert-alkyl or cyclic N) is 1. The van der Waals surface area contributed by atoms with E-state index in [-0.39, 0.29) is 51.0 Å². The molecule has 22 nitrogen and oxygen atoms in total. The first kappa shape index (κ1) is 67.7. The van der Waals surface area contributed by atoms with E-state index in [2.05, 4.69) is 41.0 Å². The Morgan fingerprint density at radius 3 is 1.93 bits per heavy atom. The fourth-order valence-corrected chi connectivity index (χ4v) is 11.7. The van der Waals surface area contributed by atoms with E-state index < -0.39 is 52.6 Å². The van der Waals surface area contributed by atoms with Crippen molar-refractivity contribution in [3.8, 4) is 27.7 Å². The molecular formula is C67H84FN9O13S. The molecule has 2 aromatic heterocycles. The van der Waals surface area contributed by atoms with Crippen LogP contribution in [0.4, 0.5) is 21.5 Å². The molecule has 6 aromatic rings. The van der Waals surface area contributed by atoms with Gasteiger partial charge in [-0.25, -0.2) is 9.37 Å². The van der Waals surface area contributed by atoms with Crippen molar-refractivity contribution in [3.63, 3.8) is 0 Å². The number of piperazine rings is 1. The highest BCUT2D eigenvalue weighted by atomic mass is 32.1. The van der Waals surface area contributed by atoms with Gasteiger partial charge in [0.1, 0.15) is 40.6 Å². The number of halogens is 1. The van der Waals surface area contributed by atoms with Crippen LogP contribution < -0.4 is 35.6 Å². The smallest absolute Gasteiger partial charge is 0.246 e. The van der Waals surface area contributed by atoms with Crippen LogP contribution in [0.3, 0.4) is 0 Å². The fraction of sp³-hybridized carbons (Fsp3) is 0.478. The number of aryl methyl sites for hydroxylation is 1. The number of nitrogens with zero attached hydrogens (tertiary/aromatic N) is 5. The minimum Gasteiger partial charge on any atom is -0.495 e. The molecule has 1 aliphatic carbocycles. The van der Waals surface area contributed by atoms with Gasteiger partial charge in [0.2, 0.25) is 29.5 Å². The molecule has 488 valence electrons. The third-order valence-corrected chi connectivity index (χ3v) is 17.2. The Kier molecular flexibility index (Phi) is 24.2. The normalized spacial score (nSPS) is 16.7. The number of methoxy groups -OCH3 is 1. The maximum absolute atomic E-state index is 14.0. The van der Waals surface area contributed by atoms with Gasteiger partial charge >= 0.3 is 0 Å². The lowest BCUT2D eigenvalue weighted by Gasteiger charge is -2.36. The number of likely N-dealkylation sites (tertiary alicyclic amines) is 1. The first-order valence-electron chi connectivity index (χ1n) is 31.0. The van der Waals surface area contributed by atoms with Crippen LogP contribution in [0.2, 0.25) is 0 Å². The number of carbonyl (C=O) groups excluding carboxylic acids is 5. The second-order valence-corrected chi connectivity index (χ2v) is 24.8. The zero-order chi connectivity index (χ0) is 64.3. The number of benzene rings is 4. The molecule has 4 aromatic carbocycles. The number of amides is 5. The Bertz CT molecular complexity index is 3380. The predicted octanol–water partition coefficient (Wildman–Crippen LogP) is 7.76. The third-order valence-electron chi connectivity index (χ3n) is 16.2. The Labute approximate surface area is 534 Å². The SMILES string of the molecule is COc1cc2c(Oc3ccc(NC(=O)C4(C(=O)Nc5ccc(F)cc5)CC4)cc3)ccnc2cc1N1CCN(CCCOCCOCCOCCOCCOCCC(=O)N[C@H](C(=O)N2C[C@H](O)C[C@H]2C(=O)NCc2ccc(-c3scnc3C)cc2)C(C)(C)C)CC1. The number of aliphatic hydroxyl groups is 1. The van der Waals surface area contributed by atoms with E-state index in [4.69, 9.17) is 33.2 Å². The first-order valence-corrected chi connectivity index (χ1v) is 31.9. The third kappa shape index (κ3) is 19.0. The molecule has 5 N–H and O–H groups in total. The molecule has 1 saturated carbocycles. The topological polar surface area (TPSA) is 254 Å². The number of aliphatic hydroxyl groups excluding tert-OH is 1. The molecule has 3 aliphatic rings. The lowest BCUT2D eigenvalue weighted by molar-refractivity contribution is -0.144. The minimum absolute atomic E-state index is 0.00972. The van der Waals surface area contributed by atoms with E-state index in [0.29, 0.717) is 94.3 Å². The lowest BCUT2D eigenvalue weighted by atomic mass is 9.85. The molecule has 3 fully saturated rings. The Morgan fingerprint density at radius 2 is 1.35 bits per heavy atom. The summed E-state index contributed by atoms with van der Waals surface area (Å²) >= 11 is 1.57. The van der Waals surface area contributed by atoms with E-state index in [1.54, 1.807) is 55.0 Å². The van der Waals surface area contributed by atoms with Crippen molar-refractivity contribution in [2.75, 3.05) is 128 Å². The van der Waals surface area contributed by atoms with Gasteiger partial charge in [-0.3, -0.25) is 33.9 Å². The zero-order valence-corrected chi connectivity index (χ0v) is 53.3. The number of hydrogen-bond acceptors (Lipinski definition) is 18. The first-order chi connectivity index (χ1) is 44.0. The van der Waals surface area contributed by atoms with E-state index in [1.807, 2.05) is 69.6 Å². The Morgan fingerprint density at radius 1 is 0.747 bits per heavy atom. The number of rotatable bonds is 33. The molecule has 5 amide bonds. The van der Waals surface area contributed by atoms with Gasteiger partial charge in [-0.05, 0) is 109 Å². The van der Waals surface area contributed by atoms with Crippen LogP contribution in [-0.4, -0.2) is 185 Å². The van der Waals surface area contributed by atoms with Crippen molar-refractivity contribution in [1.29, 1.82) is 0 Å². The average molecular weight is 1270 g/mol. The van der Waals surface area contributed by atoms with Gasteiger partial charge in [0, 0.05) is 88.2 Å². The molecule has 2 saturated heterocycles. The second-order valence-electron chi connectivity index (χ2n) is 23.9. The summed E-state index contributed by atoms with van der Waals surface area (Å²) in [7, 11) is 1.66.